The molecule has 0 N–H and O–H groups in total. The van der Waals surface area contributed by atoms with Crippen LogP contribution in [0.1, 0.15) is 5.56 Å². The van der Waals surface area contributed by atoms with Crippen molar-refractivity contribution in [2.45, 2.75) is 6.92 Å². The third-order valence-electron chi connectivity index (χ3n) is 3.62. The first-order valence-electron chi connectivity index (χ1n) is 6.78. The smallest absolute Gasteiger partial charge is 0.143 e. The molecule has 0 aromatic carbocycles. The maximum absolute atomic E-state index is 4.51. The molecule has 4 nitrogen and oxygen atoms in total. The minimum absolute atomic E-state index is 0.964. The Kier molecular flexibility index (Phi) is 3.87. The van der Waals surface area contributed by atoms with Crippen molar-refractivity contribution in [2.75, 3.05) is 36.0 Å². The summed E-state index contributed by atoms with van der Waals surface area (Å²) in [6, 6.07) is 8.08. The molecule has 0 atom stereocenters. The normalized spacial score (nSPS) is 15.5. The lowest BCUT2D eigenvalue weighted by molar-refractivity contribution is 0.640. The van der Waals surface area contributed by atoms with Crippen LogP contribution >= 0.6 is 15.9 Å². The lowest BCUT2D eigenvalue weighted by Crippen LogP contribution is -2.47. The Bertz CT molecular complexity index is 580. The molecule has 0 amide bonds. The molecular formula is C15H17BrN4. The second-order valence-corrected chi connectivity index (χ2v) is 5.72. The number of hydrogen-bond donors (Lipinski definition) is 0. The Morgan fingerprint density at radius 1 is 0.950 bits per heavy atom. The summed E-state index contributed by atoms with van der Waals surface area (Å²) >= 11 is 3.65. The van der Waals surface area contributed by atoms with Crippen LogP contribution in [0.2, 0.25) is 0 Å². The molecule has 1 saturated heterocycles. The van der Waals surface area contributed by atoms with Gasteiger partial charge in [0.25, 0.3) is 0 Å². The Balaban J connectivity index is 1.71. The van der Waals surface area contributed by atoms with E-state index < -0.39 is 0 Å². The van der Waals surface area contributed by atoms with Crippen LogP contribution in [0.4, 0.5) is 11.6 Å². The number of hydrogen-bond acceptors (Lipinski definition) is 4. The van der Waals surface area contributed by atoms with E-state index in [0.717, 1.165) is 42.3 Å². The summed E-state index contributed by atoms with van der Waals surface area (Å²) in [5, 5.41) is 0. The fourth-order valence-electron chi connectivity index (χ4n) is 2.43. The van der Waals surface area contributed by atoms with Gasteiger partial charge in [0.1, 0.15) is 11.6 Å². The average Bonchev–Trinajstić information content (AvgIpc) is 2.51. The van der Waals surface area contributed by atoms with Crippen LogP contribution in [0.15, 0.2) is 41.1 Å². The van der Waals surface area contributed by atoms with Crippen LogP contribution < -0.4 is 9.80 Å². The van der Waals surface area contributed by atoms with E-state index in [1.165, 1.54) is 5.56 Å². The Morgan fingerprint density at radius 3 is 2.40 bits per heavy atom. The molecule has 0 bridgehead atoms. The van der Waals surface area contributed by atoms with E-state index in [0.29, 0.717) is 0 Å². The van der Waals surface area contributed by atoms with Crippen LogP contribution in [0.25, 0.3) is 0 Å². The van der Waals surface area contributed by atoms with Gasteiger partial charge in [-0.05, 0) is 46.6 Å². The number of anilines is 2. The summed E-state index contributed by atoms with van der Waals surface area (Å²) < 4.78 is 1.10. The quantitative estimate of drug-likeness (QED) is 0.846. The summed E-state index contributed by atoms with van der Waals surface area (Å²) in [4.78, 5) is 13.6. The summed E-state index contributed by atoms with van der Waals surface area (Å²) in [5.74, 6) is 2.11. The molecule has 0 spiro atoms. The highest BCUT2D eigenvalue weighted by Gasteiger charge is 2.20. The molecule has 2 aromatic heterocycles. The molecule has 0 saturated carbocycles. The molecule has 0 radical (unpaired) electrons. The molecule has 3 heterocycles. The van der Waals surface area contributed by atoms with Crippen molar-refractivity contribution < 1.29 is 0 Å². The number of pyridine rings is 2. The van der Waals surface area contributed by atoms with Gasteiger partial charge in [-0.25, -0.2) is 9.97 Å². The molecule has 104 valence electrons. The largest absolute Gasteiger partial charge is 0.353 e. The van der Waals surface area contributed by atoms with E-state index in [-0.39, 0.29) is 0 Å². The van der Waals surface area contributed by atoms with Gasteiger partial charge < -0.3 is 9.80 Å². The van der Waals surface area contributed by atoms with Crippen molar-refractivity contribution in [3.63, 3.8) is 0 Å². The first kappa shape index (κ1) is 13.4. The average molecular weight is 333 g/mol. The summed E-state index contributed by atoms with van der Waals surface area (Å²) in [6.45, 7) is 5.97. The maximum atomic E-state index is 4.51. The van der Waals surface area contributed by atoms with Gasteiger partial charge in [0.05, 0.1) is 4.47 Å². The number of aryl methyl sites for hydroxylation is 1. The van der Waals surface area contributed by atoms with Gasteiger partial charge in [-0.15, -0.1) is 0 Å². The van der Waals surface area contributed by atoms with Gasteiger partial charge in [-0.2, -0.15) is 0 Å². The number of piperazine rings is 1. The third-order valence-corrected chi connectivity index (χ3v) is 4.60. The molecule has 5 heteroatoms. The predicted octanol–water partition coefficient (Wildman–Crippen LogP) is 2.87. The minimum Gasteiger partial charge on any atom is -0.353 e. The second kappa shape index (κ2) is 5.79. The van der Waals surface area contributed by atoms with E-state index in [2.05, 4.69) is 48.7 Å². The first-order valence-corrected chi connectivity index (χ1v) is 7.57. The van der Waals surface area contributed by atoms with Crippen molar-refractivity contribution >= 4 is 27.6 Å². The van der Waals surface area contributed by atoms with Gasteiger partial charge in [-0.1, -0.05) is 6.07 Å². The maximum Gasteiger partial charge on any atom is 0.143 e. The first-order chi connectivity index (χ1) is 9.75. The van der Waals surface area contributed by atoms with E-state index in [9.17, 15) is 0 Å². The molecule has 20 heavy (non-hydrogen) atoms. The molecule has 0 aliphatic carbocycles. The zero-order valence-electron chi connectivity index (χ0n) is 11.5. The van der Waals surface area contributed by atoms with Gasteiger partial charge in [0.15, 0.2) is 0 Å². The highest BCUT2D eigenvalue weighted by molar-refractivity contribution is 9.10. The van der Waals surface area contributed by atoms with Gasteiger partial charge >= 0.3 is 0 Å². The van der Waals surface area contributed by atoms with Crippen LogP contribution in [-0.2, 0) is 0 Å². The molecule has 0 unspecified atom stereocenters. The van der Waals surface area contributed by atoms with Crippen molar-refractivity contribution in [2.24, 2.45) is 0 Å². The zero-order valence-corrected chi connectivity index (χ0v) is 13.0. The van der Waals surface area contributed by atoms with Gasteiger partial charge in [-0.3, -0.25) is 0 Å². The predicted molar refractivity (Wildman–Crippen MR) is 85.3 cm³/mol. The van der Waals surface area contributed by atoms with Crippen molar-refractivity contribution in [1.82, 2.24) is 9.97 Å². The van der Waals surface area contributed by atoms with Crippen LogP contribution in [0.5, 0.6) is 0 Å². The van der Waals surface area contributed by atoms with Crippen LogP contribution in [-0.4, -0.2) is 36.1 Å². The number of nitrogens with zero attached hydrogens (tertiary/aromatic N) is 4. The number of rotatable bonds is 2. The van der Waals surface area contributed by atoms with E-state index >= 15 is 0 Å². The Hall–Kier alpha value is -1.62. The SMILES string of the molecule is Cc1ccnc(N2CCN(c3ccccn3)CC2)c1Br. The monoisotopic (exact) mass is 332 g/mol. The minimum atomic E-state index is 0.964. The van der Waals surface area contributed by atoms with Crippen LogP contribution in [0, 0.1) is 6.92 Å². The molecule has 1 aliphatic heterocycles. The van der Waals surface area contributed by atoms with Crippen LogP contribution in [0.3, 0.4) is 0 Å². The third kappa shape index (κ3) is 2.63. The lowest BCUT2D eigenvalue weighted by Gasteiger charge is -2.36. The highest BCUT2D eigenvalue weighted by atomic mass is 79.9. The number of halogens is 1. The van der Waals surface area contributed by atoms with E-state index in [1.54, 1.807) is 0 Å². The molecular weight excluding hydrogens is 316 g/mol. The Labute approximate surface area is 127 Å². The summed E-state index contributed by atoms with van der Waals surface area (Å²) in [5.41, 5.74) is 1.22. The fraction of sp³-hybridized carbons (Fsp3) is 0.333. The molecule has 1 fully saturated rings. The topological polar surface area (TPSA) is 32.3 Å². The number of aromatic nitrogens is 2. The second-order valence-electron chi connectivity index (χ2n) is 4.93. The van der Waals surface area contributed by atoms with Crippen molar-refractivity contribution in [3.8, 4) is 0 Å². The zero-order chi connectivity index (χ0) is 13.9. The van der Waals surface area contributed by atoms with Gasteiger partial charge in [0, 0.05) is 38.6 Å². The van der Waals surface area contributed by atoms with E-state index in [4.69, 9.17) is 0 Å². The Morgan fingerprint density at radius 2 is 1.70 bits per heavy atom. The molecule has 1 aliphatic rings. The van der Waals surface area contributed by atoms with Crippen molar-refractivity contribution in [1.29, 1.82) is 0 Å². The van der Waals surface area contributed by atoms with Crippen molar-refractivity contribution in [3.05, 3.63) is 46.7 Å². The molecule has 3 rings (SSSR count). The standard InChI is InChI=1S/C15H17BrN4/c1-12-5-7-18-15(14(12)16)20-10-8-19(9-11-20)13-4-2-3-6-17-13/h2-7H,8-11H2,1H3. The van der Waals surface area contributed by atoms with E-state index in [1.807, 2.05) is 30.6 Å². The highest BCUT2D eigenvalue weighted by Crippen LogP contribution is 2.27. The van der Waals surface area contributed by atoms with Gasteiger partial charge in [0.2, 0.25) is 0 Å². The fourth-order valence-corrected chi connectivity index (χ4v) is 2.92. The lowest BCUT2D eigenvalue weighted by atomic mass is 10.2. The molecule has 2 aromatic rings. The summed E-state index contributed by atoms with van der Waals surface area (Å²) in [6.07, 6.45) is 3.72. The summed E-state index contributed by atoms with van der Waals surface area (Å²) in [7, 11) is 0.